The molecule has 134 valence electrons. The number of nitrogens with one attached hydrogen (secondary N) is 1. The molecule has 0 spiro atoms. The number of aliphatic carboxylic acids is 1. The van der Waals surface area contributed by atoms with E-state index in [1.165, 1.54) is 5.56 Å². The number of amides is 1. The minimum Gasteiger partial charge on any atom is -0.481 e. The van der Waals surface area contributed by atoms with Crippen LogP contribution in [0, 0.1) is 0 Å². The van der Waals surface area contributed by atoms with Crippen molar-refractivity contribution in [1.82, 2.24) is 0 Å². The number of hydrogen-bond donors (Lipinski definition) is 2. The summed E-state index contributed by atoms with van der Waals surface area (Å²) in [5.41, 5.74) is 4.85. The largest absolute Gasteiger partial charge is 0.481 e. The quantitative estimate of drug-likeness (QED) is 0.782. The molecular formula is C22H23NO3. The van der Waals surface area contributed by atoms with Crippen molar-refractivity contribution >= 4 is 23.6 Å². The molecule has 3 rings (SSSR count). The van der Waals surface area contributed by atoms with Crippen molar-refractivity contribution in [3.05, 3.63) is 70.8 Å². The summed E-state index contributed by atoms with van der Waals surface area (Å²) < 4.78 is 0. The Morgan fingerprint density at radius 1 is 1.15 bits per heavy atom. The first-order valence-corrected chi connectivity index (χ1v) is 8.95. The van der Waals surface area contributed by atoms with Gasteiger partial charge in [-0.15, -0.1) is 0 Å². The summed E-state index contributed by atoms with van der Waals surface area (Å²) in [6.45, 7) is 2.19. The molecule has 0 saturated heterocycles. The molecule has 0 saturated carbocycles. The lowest BCUT2D eigenvalue weighted by atomic mass is 9.87. The van der Waals surface area contributed by atoms with Gasteiger partial charge < -0.3 is 10.4 Å². The average molecular weight is 349 g/mol. The number of aryl methyl sites for hydroxylation is 1. The number of anilines is 1. The van der Waals surface area contributed by atoms with Crippen LogP contribution in [-0.4, -0.2) is 17.0 Å². The summed E-state index contributed by atoms with van der Waals surface area (Å²) in [5.74, 6) is -0.415. The van der Waals surface area contributed by atoms with Gasteiger partial charge in [0, 0.05) is 17.7 Å². The van der Waals surface area contributed by atoms with Gasteiger partial charge in [-0.2, -0.15) is 0 Å². The van der Waals surface area contributed by atoms with Crippen molar-refractivity contribution in [3.8, 4) is 0 Å². The first kappa shape index (κ1) is 17.9. The fraction of sp³-hybridized carbons (Fsp3) is 0.273. The SMILES string of the molecule is CC1CC=Cc2cc(C(=O)Nc3ccc(CCCC(=O)O)cc3)ccc21. The van der Waals surface area contributed by atoms with Crippen LogP contribution in [0.5, 0.6) is 0 Å². The van der Waals surface area contributed by atoms with E-state index in [9.17, 15) is 9.59 Å². The summed E-state index contributed by atoms with van der Waals surface area (Å²) >= 11 is 0. The van der Waals surface area contributed by atoms with Crippen molar-refractivity contribution in [3.63, 3.8) is 0 Å². The van der Waals surface area contributed by atoms with Crippen molar-refractivity contribution in [1.29, 1.82) is 0 Å². The van der Waals surface area contributed by atoms with Gasteiger partial charge in [0.1, 0.15) is 0 Å². The Labute approximate surface area is 153 Å². The number of carbonyl (C=O) groups excluding carboxylic acids is 1. The van der Waals surface area contributed by atoms with E-state index >= 15 is 0 Å². The molecule has 0 heterocycles. The highest BCUT2D eigenvalue weighted by molar-refractivity contribution is 6.04. The van der Waals surface area contributed by atoms with E-state index in [4.69, 9.17) is 5.11 Å². The van der Waals surface area contributed by atoms with Crippen LogP contribution in [0.2, 0.25) is 0 Å². The van der Waals surface area contributed by atoms with Crippen LogP contribution in [0.15, 0.2) is 48.5 Å². The zero-order chi connectivity index (χ0) is 18.5. The van der Waals surface area contributed by atoms with Gasteiger partial charge in [0.05, 0.1) is 0 Å². The van der Waals surface area contributed by atoms with Gasteiger partial charge in [-0.3, -0.25) is 9.59 Å². The smallest absolute Gasteiger partial charge is 0.303 e. The highest BCUT2D eigenvalue weighted by atomic mass is 16.4. The first-order valence-electron chi connectivity index (χ1n) is 8.95. The van der Waals surface area contributed by atoms with Crippen molar-refractivity contribution < 1.29 is 14.7 Å². The molecule has 4 heteroatoms. The molecule has 2 aromatic rings. The Bertz CT molecular complexity index is 837. The maximum Gasteiger partial charge on any atom is 0.303 e. The number of allylic oxidation sites excluding steroid dienone is 1. The summed E-state index contributed by atoms with van der Waals surface area (Å²) in [6.07, 6.45) is 6.77. The van der Waals surface area contributed by atoms with Gasteiger partial charge in [0.15, 0.2) is 0 Å². The van der Waals surface area contributed by atoms with Crippen LogP contribution in [0.25, 0.3) is 6.08 Å². The van der Waals surface area contributed by atoms with E-state index in [2.05, 4.69) is 24.4 Å². The summed E-state index contributed by atoms with van der Waals surface area (Å²) in [6, 6.07) is 13.4. The molecule has 0 bridgehead atoms. The lowest BCUT2D eigenvalue weighted by molar-refractivity contribution is -0.137. The van der Waals surface area contributed by atoms with Crippen LogP contribution in [0.1, 0.15) is 59.2 Å². The Morgan fingerprint density at radius 2 is 1.92 bits per heavy atom. The Morgan fingerprint density at radius 3 is 2.65 bits per heavy atom. The van der Waals surface area contributed by atoms with E-state index in [-0.39, 0.29) is 12.3 Å². The minimum atomic E-state index is -0.775. The van der Waals surface area contributed by atoms with Crippen LogP contribution in [0.4, 0.5) is 5.69 Å². The maximum atomic E-state index is 12.5. The number of carboxylic acids is 1. The van der Waals surface area contributed by atoms with Gasteiger partial charge in [-0.05, 0) is 66.1 Å². The Balaban J connectivity index is 1.63. The number of benzene rings is 2. The van der Waals surface area contributed by atoms with E-state index in [0.717, 1.165) is 29.7 Å². The minimum absolute atomic E-state index is 0.127. The summed E-state index contributed by atoms with van der Waals surface area (Å²) in [7, 11) is 0. The normalized spacial score (nSPS) is 15.3. The molecule has 2 aromatic carbocycles. The lowest BCUT2D eigenvalue weighted by Gasteiger charge is -2.18. The second-order valence-electron chi connectivity index (χ2n) is 6.78. The molecule has 0 fully saturated rings. The fourth-order valence-electron chi connectivity index (χ4n) is 3.24. The topological polar surface area (TPSA) is 66.4 Å². The number of carboxylic acid groups (broad SMARTS) is 1. The predicted molar refractivity (Wildman–Crippen MR) is 103 cm³/mol. The van der Waals surface area contributed by atoms with Crippen molar-refractivity contribution in [2.45, 2.75) is 38.5 Å². The number of hydrogen-bond acceptors (Lipinski definition) is 2. The summed E-state index contributed by atoms with van der Waals surface area (Å²) in [5, 5.41) is 11.6. The zero-order valence-electron chi connectivity index (χ0n) is 14.9. The van der Waals surface area contributed by atoms with Gasteiger partial charge in [0.2, 0.25) is 0 Å². The van der Waals surface area contributed by atoms with Gasteiger partial charge >= 0.3 is 5.97 Å². The molecule has 1 amide bonds. The van der Waals surface area contributed by atoms with Crippen molar-refractivity contribution in [2.24, 2.45) is 0 Å². The molecule has 4 nitrogen and oxygen atoms in total. The van der Waals surface area contributed by atoms with Crippen LogP contribution in [0.3, 0.4) is 0 Å². The number of carbonyl (C=O) groups is 2. The first-order chi connectivity index (χ1) is 12.5. The monoisotopic (exact) mass is 349 g/mol. The molecule has 0 radical (unpaired) electrons. The van der Waals surface area contributed by atoms with E-state index in [0.29, 0.717) is 17.9 Å². The van der Waals surface area contributed by atoms with Crippen LogP contribution < -0.4 is 5.32 Å². The highest BCUT2D eigenvalue weighted by Gasteiger charge is 2.15. The molecule has 1 aliphatic rings. The number of fused-ring (bicyclic) bond motifs is 1. The molecule has 1 aliphatic carbocycles. The van der Waals surface area contributed by atoms with Crippen molar-refractivity contribution in [2.75, 3.05) is 5.32 Å². The lowest BCUT2D eigenvalue weighted by Crippen LogP contribution is -2.13. The third kappa shape index (κ3) is 4.39. The second-order valence-corrected chi connectivity index (χ2v) is 6.78. The van der Waals surface area contributed by atoms with Crippen LogP contribution >= 0.6 is 0 Å². The fourth-order valence-corrected chi connectivity index (χ4v) is 3.24. The Hall–Kier alpha value is -2.88. The van der Waals surface area contributed by atoms with E-state index in [1.54, 1.807) is 0 Å². The molecule has 1 atom stereocenters. The maximum absolute atomic E-state index is 12.5. The third-order valence-electron chi connectivity index (χ3n) is 4.73. The second kappa shape index (κ2) is 8.00. The molecular weight excluding hydrogens is 326 g/mol. The average Bonchev–Trinajstić information content (AvgIpc) is 2.63. The van der Waals surface area contributed by atoms with Gasteiger partial charge in [-0.25, -0.2) is 0 Å². The Kier molecular flexibility index (Phi) is 5.52. The molecule has 0 aliphatic heterocycles. The highest BCUT2D eigenvalue weighted by Crippen LogP contribution is 2.30. The van der Waals surface area contributed by atoms with Gasteiger partial charge in [-0.1, -0.05) is 37.3 Å². The van der Waals surface area contributed by atoms with E-state index < -0.39 is 5.97 Å². The predicted octanol–water partition coefficient (Wildman–Crippen LogP) is 4.87. The van der Waals surface area contributed by atoms with Gasteiger partial charge in [0.25, 0.3) is 5.91 Å². The molecule has 0 aromatic heterocycles. The zero-order valence-corrected chi connectivity index (χ0v) is 14.9. The number of rotatable bonds is 6. The van der Waals surface area contributed by atoms with E-state index in [1.807, 2.05) is 42.5 Å². The van der Waals surface area contributed by atoms with Crippen LogP contribution in [-0.2, 0) is 11.2 Å². The molecule has 26 heavy (non-hydrogen) atoms. The molecule has 1 unspecified atom stereocenters. The standard InChI is InChI=1S/C22H23NO3/c1-15-4-2-6-17-14-18(10-13-20(15)17)22(26)23-19-11-8-16(9-12-19)5-3-7-21(24)25/h2,6,8-15H,3-5,7H2,1H3,(H,23,26)(H,24,25). The summed E-state index contributed by atoms with van der Waals surface area (Å²) in [4.78, 5) is 23.1. The third-order valence-corrected chi connectivity index (χ3v) is 4.73. The molecule has 2 N–H and O–H groups in total.